The molecule has 0 aliphatic heterocycles. The highest BCUT2D eigenvalue weighted by Crippen LogP contribution is 2.11. The van der Waals surface area contributed by atoms with Crippen molar-refractivity contribution in [3.8, 4) is 0 Å². The highest BCUT2D eigenvalue weighted by atomic mass is 14.9. The Hall–Kier alpha value is -1.09. The van der Waals surface area contributed by atoms with Crippen molar-refractivity contribution in [2.45, 2.75) is 58.5 Å². The lowest BCUT2D eigenvalue weighted by Gasteiger charge is -2.21. The number of hydrogen-bond acceptors (Lipinski definition) is 3. The summed E-state index contributed by atoms with van der Waals surface area (Å²) < 4.78 is 0. The van der Waals surface area contributed by atoms with Crippen LogP contribution in [0, 0.1) is 0 Å². The van der Waals surface area contributed by atoms with Crippen LogP contribution < -0.4 is 11.1 Å². The molecule has 0 bridgehead atoms. The largest absolute Gasteiger partial charge is 0.384 e. The van der Waals surface area contributed by atoms with Gasteiger partial charge in [-0.05, 0) is 30.5 Å². The first kappa shape index (κ1) is 14.0. The average Bonchev–Trinajstić information content (AvgIpc) is 2.25. The third-order valence-corrected chi connectivity index (χ3v) is 2.80. The van der Waals surface area contributed by atoms with Crippen LogP contribution in [-0.2, 0) is 6.42 Å². The second-order valence-electron chi connectivity index (χ2n) is 4.95. The Morgan fingerprint density at radius 3 is 2.76 bits per heavy atom. The number of pyridine rings is 1. The predicted octanol–water partition coefficient (Wildman–Crippen LogP) is 2.76. The summed E-state index contributed by atoms with van der Waals surface area (Å²) in [6.45, 7) is 6.62. The van der Waals surface area contributed by atoms with Gasteiger partial charge < -0.3 is 11.1 Å². The Bertz CT molecular complexity index is 323. The number of nitrogens with two attached hydrogens (primary N) is 1. The van der Waals surface area contributed by atoms with E-state index in [1.807, 2.05) is 6.07 Å². The fourth-order valence-corrected chi connectivity index (χ4v) is 2.07. The summed E-state index contributed by atoms with van der Waals surface area (Å²) >= 11 is 0. The van der Waals surface area contributed by atoms with Crippen molar-refractivity contribution in [2.24, 2.45) is 0 Å². The SMILES string of the molecule is CCCCC(Cc1ccnc(N)c1)NC(C)C. The molecule has 17 heavy (non-hydrogen) atoms. The molecule has 96 valence electrons. The van der Waals surface area contributed by atoms with Crippen molar-refractivity contribution >= 4 is 5.82 Å². The molecule has 1 unspecified atom stereocenters. The van der Waals surface area contributed by atoms with Crippen molar-refractivity contribution in [3.63, 3.8) is 0 Å². The molecule has 1 heterocycles. The topological polar surface area (TPSA) is 50.9 Å². The molecule has 1 atom stereocenters. The standard InChI is InChI=1S/C14H25N3/c1-4-5-6-13(17-11(2)3)9-12-7-8-16-14(15)10-12/h7-8,10-11,13,17H,4-6,9H2,1-3H3,(H2,15,16). The first-order valence-corrected chi connectivity index (χ1v) is 6.58. The number of nitrogen functional groups attached to an aromatic ring is 1. The van der Waals surface area contributed by atoms with Gasteiger partial charge in [0, 0.05) is 18.3 Å². The monoisotopic (exact) mass is 235 g/mol. The molecule has 1 aromatic heterocycles. The zero-order valence-corrected chi connectivity index (χ0v) is 11.2. The zero-order valence-electron chi connectivity index (χ0n) is 11.2. The molecule has 0 spiro atoms. The number of aromatic nitrogens is 1. The maximum atomic E-state index is 5.70. The molecule has 3 heteroatoms. The Labute approximate surface area is 105 Å². The van der Waals surface area contributed by atoms with Gasteiger partial charge in [-0.1, -0.05) is 33.6 Å². The fourth-order valence-electron chi connectivity index (χ4n) is 2.07. The first-order valence-electron chi connectivity index (χ1n) is 6.58. The van der Waals surface area contributed by atoms with E-state index in [0.717, 1.165) is 6.42 Å². The summed E-state index contributed by atoms with van der Waals surface area (Å²) in [5.41, 5.74) is 6.97. The van der Waals surface area contributed by atoms with Crippen molar-refractivity contribution in [2.75, 3.05) is 5.73 Å². The van der Waals surface area contributed by atoms with Crippen molar-refractivity contribution in [1.29, 1.82) is 0 Å². The summed E-state index contributed by atoms with van der Waals surface area (Å²) in [7, 11) is 0. The van der Waals surface area contributed by atoms with Crippen molar-refractivity contribution in [3.05, 3.63) is 23.9 Å². The number of hydrogen-bond donors (Lipinski definition) is 2. The van der Waals surface area contributed by atoms with Gasteiger partial charge in [-0.25, -0.2) is 4.98 Å². The third-order valence-electron chi connectivity index (χ3n) is 2.80. The highest BCUT2D eigenvalue weighted by molar-refractivity contribution is 5.32. The van der Waals surface area contributed by atoms with Gasteiger partial charge >= 0.3 is 0 Å². The molecule has 1 aromatic rings. The van der Waals surface area contributed by atoms with Crippen LogP contribution >= 0.6 is 0 Å². The number of unbranched alkanes of at least 4 members (excludes halogenated alkanes) is 1. The molecule has 0 amide bonds. The molecule has 0 aromatic carbocycles. The number of nitrogens with one attached hydrogen (secondary N) is 1. The molecule has 0 aliphatic rings. The zero-order chi connectivity index (χ0) is 12.7. The van der Waals surface area contributed by atoms with Crippen LogP contribution in [0.5, 0.6) is 0 Å². The van der Waals surface area contributed by atoms with Gasteiger partial charge in [0.2, 0.25) is 0 Å². The lowest BCUT2D eigenvalue weighted by atomic mass is 10.0. The quantitative estimate of drug-likeness (QED) is 0.764. The summed E-state index contributed by atoms with van der Waals surface area (Å²) in [4.78, 5) is 4.03. The van der Waals surface area contributed by atoms with Gasteiger partial charge in [0.15, 0.2) is 0 Å². The van der Waals surface area contributed by atoms with Crippen LogP contribution in [0.15, 0.2) is 18.3 Å². The van der Waals surface area contributed by atoms with E-state index in [2.05, 4.69) is 37.1 Å². The van der Waals surface area contributed by atoms with Crippen LogP contribution in [0.3, 0.4) is 0 Å². The predicted molar refractivity (Wildman–Crippen MR) is 73.9 cm³/mol. The summed E-state index contributed by atoms with van der Waals surface area (Å²) in [5.74, 6) is 0.612. The Morgan fingerprint density at radius 2 is 2.18 bits per heavy atom. The minimum Gasteiger partial charge on any atom is -0.384 e. The molecule has 1 rings (SSSR count). The van der Waals surface area contributed by atoms with Gasteiger partial charge in [-0.2, -0.15) is 0 Å². The van der Waals surface area contributed by atoms with E-state index in [-0.39, 0.29) is 0 Å². The number of anilines is 1. The Morgan fingerprint density at radius 1 is 1.41 bits per heavy atom. The van der Waals surface area contributed by atoms with Crippen LogP contribution in [0.25, 0.3) is 0 Å². The molecule has 0 radical (unpaired) electrons. The number of nitrogens with zero attached hydrogens (tertiary/aromatic N) is 1. The second-order valence-corrected chi connectivity index (χ2v) is 4.95. The third kappa shape index (κ3) is 5.68. The van der Waals surface area contributed by atoms with E-state index in [0.29, 0.717) is 17.9 Å². The molecule has 0 saturated heterocycles. The number of rotatable bonds is 7. The van der Waals surface area contributed by atoms with Gasteiger partial charge in [0.1, 0.15) is 5.82 Å². The smallest absolute Gasteiger partial charge is 0.123 e. The van der Waals surface area contributed by atoms with E-state index in [4.69, 9.17) is 5.73 Å². The first-order chi connectivity index (χ1) is 8.11. The van der Waals surface area contributed by atoms with Gasteiger partial charge in [0.05, 0.1) is 0 Å². The highest BCUT2D eigenvalue weighted by Gasteiger charge is 2.10. The van der Waals surface area contributed by atoms with Crippen LogP contribution in [-0.4, -0.2) is 17.1 Å². The summed E-state index contributed by atoms with van der Waals surface area (Å²) in [5, 5.41) is 3.62. The van der Waals surface area contributed by atoms with Gasteiger partial charge in [-0.15, -0.1) is 0 Å². The molecule has 0 aliphatic carbocycles. The van der Waals surface area contributed by atoms with E-state index >= 15 is 0 Å². The molecule has 0 saturated carbocycles. The maximum absolute atomic E-state index is 5.70. The van der Waals surface area contributed by atoms with Gasteiger partial charge in [0.25, 0.3) is 0 Å². The lowest BCUT2D eigenvalue weighted by Crippen LogP contribution is -2.36. The Balaban J connectivity index is 2.58. The lowest BCUT2D eigenvalue weighted by molar-refractivity contribution is 0.425. The Kier molecular flexibility index (Phi) is 5.98. The minimum atomic E-state index is 0.524. The van der Waals surface area contributed by atoms with Crippen LogP contribution in [0.2, 0.25) is 0 Å². The average molecular weight is 235 g/mol. The van der Waals surface area contributed by atoms with Crippen LogP contribution in [0.1, 0.15) is 45.6 Å². The van der Waals surface area contributed by atoms with Crippen LogP contribution in [0.4, 0.5) is 5.82 Å². The molecular weight excluding hydrogens is 210 g/mol. The molecule has 0 fully saturated rings. The minimum absolute atomic E-state index is 0.524. The van der Waals surface area contributed by atoms with Crippen molar-refractivity contribution < 1.29 is 0 Å². The fraction of sp³-hybridized carbons (Fsp3) is 0.643. The van der Waals surface area contributed by atoms with E-state index in [1.165, 1.54) is 24.8 Å². The van der Waals surface area contributed by atoms with E-state index < -0.39 is 0 Å². The molecule has 3 nitrogen and oxygen atoms in total. The summed E-state index contributed by atoms with van der Waals surface area (Å²) in [6.07, 6.45) is 6.55. The maximum Gasteiger partial charge on any atom is 0.123 e. The molecular formula is C14H25N3. The second kappa shape index (κ2) is 7.28. The van der Waals surface area contributed by atoms with E-state index in [1.54, 1.807) is 6.20 Å². The molecule has 3 N–H and O–H groups in total. The van der Waals surface area contributed by atoms with E-state index in [9.17, 15) is 0 Å². The normalized spacial score (nSPS) is 12.9. The van der Waals surface area contributed by atoms with Crippen molar-refractivity contribution in [1.82, 2.24) is 10.3 Å². The van der Waals surface area contributed by atoms with Gasteiger partial charge in [-0.3, -0.25) is 0 Å². The summed E-state index contributed by atoms with van der Waals surface area (Å²) in [6, 6.07) is 5.09.